The molecule has 3 amide bonds. The first kappa shape index (κ1) is 14.7. The van der Waals surface area contributed by atoms with Crippen molar-refractivity contribution in [2.45, 2.75) is 6.04 Å². The third-order valence-electron chi connectivity index (χ3n) is 3.58. The Morgan fingerprint density at radius 1 is 1.27 bits per heavy atom. The molecule has 0 bridgehead atoms. The van der Waals surface area contributed by atoms with Crippen LogP contribution >= 0.6 is 11.3 Å². The SMILES string of the molecule is O=C(CN[C@@H](c1ccccc1)c1cccs1)N1CCNC1=O. The summed E-state index contributed by atoms with van der Waals surface area (Å²) in [5.41, 5.74) is 1.10. The molecule has 22 heavy (non-hydrogen) atoms. The maximum atomic E-state index is 12.2. The third kappa shape index (κ3) is 3.18. The molecule has 2 aromatic rings. The fourth-order valence-corrected chi connectivity index (χ4v) is 3.31. The topological polar surface area (TPSA) is 61.4 Å². The van der Waals surface area contributed by atoms with Gasteiger partial charge in [0.15, 0.2) is 0 Å². The van der Waals surface area contributed by atoms with Crippen LogP contribution in [0.25, 0.3) is 0 Å². The number of nitrogens with one attached hydrogen (secondary N) is 2. The molecule has 1 aromatic heterocycles. The van der Waals surface area contributed by atoms with E-state index in [1.54, 1.807) is 11.3 Å². The highest BCUT2D eigenvalue weighted by Crippen LogP contribution is 2.25. The van der Waals surface area contributed by atoms with Gasteiger partial charge in [-0.15, -0.1) is 11.3 Å². The Morgan fingerprint density at radius 2 is 2.09 bits per heavy atom. The van der Waals surface area contributed by atoms with E-state index >= 15 is 0 Å². The molecule has 1 saturated heterocycles. The lowest BCUT2D eigenvalue weighted by molar-refractivity contribution is -0.126. The molecule has 0 spiro atoms. The van der Waals surface area contributed by atoms with Gasteiger partial charge in [-0.05, 0) is 17.0 Å². The third-order valence-corrected chi connectivity index (χ3v) is 4.51. The largest absolute Gasteiger partial charge is 0.336 e. The molecule has 1 fully saturated rings. The van der Waals surface area contributed by atoms with Crippen molar-refractivity contribution in [3.8, 4) is 0 Å². The summed E-state index contributed by atoms with van der Waals surface area (Å²) in [6.07, 6.45) is 0. The summed E-state index contributed by atoms with van der Waals surface area (Å²) < 4.78 is 0. The summed E-state index contributed by atoms with van der Waals surface area (Å²) >= 11 is 1.64. The molecule has 1 aliphatic heterocycles. The predicted octanol–water partition coefficient (Wildman–Crippen LogP) is 1.98. The maximum Gasteiger partial charge on any atom is 0.324 e. The van der Waals surface area contributed by atoms with Crippen LogP contribution in [0.4, 0.5) is 4.79 Å². The molecule has 6 heteroatoms. The first-order valence-electron chi connectivity index (χ1n) is 7.15. The number of imide groups is 1. The van der Waals surface area contributed by atoms with Crippen molar-refractivity contribution in [2.75, 3.05) is 19.6 Å². The molecule has 0 radical (unpaired) electrons. The van der Waals surface area contributed by atoms with E-state index in [4.69, 9.17) is 0 Å². The number of amides is 3. The number of hydrogen-bond acceptors (Lipinski definition) is 4. The van der Waals surface area contributed by atoms with Crippen LogP contribution in [0.1, 0.15) is 16.5 Å². The Morgan fingerprint density at radius 3 is 2.73 bits per heavy atom. The van der Waals surface area contributed by atoms with Crippen LogP contribution in [0.5, 0.6) is 0 Å². The first-order valence-corrected chi connectivity index (χ1v) is 8.03. The van der Waals surface area contributed by atoms with Gasteiger partial charge in [0.05, 0.1) is 12.6 Å². The number of carbonyl (C=O) groups is 2. The molecule has 0 aliphatic carbocycles. The second-order valence-corrected chi connectivity index (χ2v) is 6.00. The first-order chi connectivity index (χ1) is 10.8. The average molecular weight is 315 g/mol. The van der Waals surface area contributed by atoms with E-state index < -0.39 is 0 Å². The van der Waals surface area contributed by atoms with Gasteiger partial charge in [-0.1, -0.05) is 36.4 Å². The molecule has 3 rings (SSSR count). The summed E-state index contributed by atoms with van der Waals surface area (Å²) in [6, 6.07) is 13.7. The van der Waals surface area contributed by atoms with Gasteiger partial charge < -0.3 is 5.32 Å². The van der Waals surface area contributed by atoms with Gasteiger partial charge in [-0.3, -0.25) is 15.0 Å². The lowest BCUT2D eigenvalue weighted by atomic mass is 10.1. The Hall–Kier alpha value is -2.18. The normalized spacial score (nSPS) is 15.6. The zero-order chi connectivity index (χ0) is 15.4. The predicted molar refractivity (Wildman–Crippen MR) is 85.7 cm³/mol. The van der Waals surface area contributed by atoms with Gasteiger partial charge in [0.25, 0.3) is 0 Å². The number of rotatable bonds is 5. The number of thiophene rings is 1. The molecule has 2 heterocycles. The van der Waals surface area contributed by atoms with Gasteiger partial charge in [0.2, 0.25) is 5.91 Å². The van der Waals surface area contributed by atoms with Crippen LogP contribution < -0.4 is 10.6 Å². The highest BCUT2D eigenvalue weighted by Gasteiger charge is 2.26. The van der Waals surface area contributed by atoms with Crippen LogP contribution in [0.3, 0.4) is 0 Å². The van der Waals surface area contributed by atoms with Gasteiger partial charge in [0, 0.05) is 18.0 Å². The Balaban J connectivity index is 1.71. The molecule has 1 aromatic carbocycles. The molecule has 0 unspecified atom stereocenters. The van der Waals surface area contributed by atoms with Crippen molar-refractivity contribution < 1.29 is 9.59 Å². The molecule has 1 aliphatic rings. The van der Waals surface area contributed by atoms with Gasteiger partial charge in [-0.25, -0.2) is 4.79 Å². The minimum Gasteiger partial charge on any atom is -0.336 e. The Labute approximate surface area is 132 Å². The number of nitrogens with zero attached hydrogens (tertiary/aromatic N) is 1. The summed E-state index contributed by atoms with van der Waals surface area (Å²) in [5.74, 6) is -0.201. The van der Waals surface area contributed by atoms with E-state index in [0.29, 0.717) is 13.1 Å². The van der Waals surface area contributed by atoms with Gasteiger partial charge in [-0.2, -0.15) is 0 Å². The van der Waals surface area contributed by atoms with Gasteiger partial charge in [0.1, 0.15) is 0 Å². The molecule has 114 valence electrons. The second-order valence-electron chi connectivity index (χ2n) is 5.02. The van der Waals surface area contributed by atoms with Crippen molar-refractivity contribution in [1.29, 1.82) is 0 Å². The summed E-state index contributed by atoms with van der Waals surface area (Å²) in [5, 5.41) is 7.93. The van der Waals surface area contributed by atoms with Crippen molar-refractivity contribution in [1.82, 2.24) is 15.5 Å². The zero-order valence-corrected chi connectivity index (χ0v) is 12.8. The zero-order valence-electron chi connectivity index (χ0n) is 12.0. The molecule has 5 nitrogen and oxygen atoms in total. The average Bonchev–Trinajstić information content (AvgIpc) is 3.20. The summed E-state index contributed by atoms with van der Waals surface area (Å²) in [6.45, 7) is 1.09. The van der Waals surface area contributed by atoms with Crippen molar-refractivity contribution in [2.24, 2.45) is 0 Å². The number of urea groups is 1. The lowest BCUT2D eigenvalue weighted by Gasteiger charge is -2.19. The highest BCUT2D eigenvalue weighted by atomic mass is 32.1. The maximum absolute atomic E-state index is 12.2. The smallest absolute Gasteiger partial charge is 0.324 e. The molecule has 2 N–H and O–H groups in total. The van der Waals surface area contributed by atoms with E-state index in [9.17, 15) is 9.59 Å². The van der Waals surface area contributed by atoms with E-state index in [1.807, 2.05) is 47.8 Å². The van der Waals surface area contributed by atoms with Crippen molar-refractivity contribution in [3.05, 3.63) is 58.3 Å². The second kappa shape index (κ2) is 6.72. The van der Waals surface area contributed by atoms with E-state index in [0.717, 1.165) is 10.4 Å². The fourth-order valence-electron chi connectivity index (χ4n) is 2.48. The van der Waals surface area contributed by atoms with Crippen LogP contribution in [0.2, 0.25) is 0 Å². The molecule has 0 saturated carbocycles. The van der Waals surface area contributed by atoms with E-state index in [2.05, 4.69) is 10.6 Å². The summed E-state index contributed by atoms with van der Waals surface area (Å²) in [7, 11) is 0. The monoisotopic (exact) mass is 315 g/mol. The number of hydrogen-bond donors (Lipinski definition) is 2. The van der Waals surface area contributed by atoms with Crippen molar-refractivity contribution in [3.63, 3.8) is 0 Å². The number of benzene rings is 1. The van der Waals surface area contributed by atoms with E-state index in [-0.39, 0.29) is 24.5 Å². The van der Waals surface area contributed by atoms with Gasteiger partial charge >= 0.3 is 6.03 Å². The molecule has 1 atom stereocenters. The number of carbonyl (C=O) groups excluding carboxylic acids is 2. The van der Waals surface area contributed by atoms with Crippen LogP contribution in [-0.4, -0.2) is 36.5 Å². The van der Waals surface area contributed by atoms with Crippen LogP contribution in [0.15, 0.2) is 47.8 Å². The van der Waals surface area contributed by atoms with Crippen LogP contribution in [-0.2, 0) is 4.79 Å². The standard InChI is InChI=1S/C16H17N3O2S/c20-14(19-9-8-17-16(19)21)11-18-15(13-7-4-10-22-13)12-5-2-1-3-6-12/h1-7,10,15,18H,8-9,11H2,(H,17,21)/t15-/m0/s1. The highest BCUT2D eigenvalue weighted by molar-refractivity contribution is 7.10. The van der Waals surface area contributed by atoms with Crippen molar-refractivity contribution >= 4 is 23.3 Å². The van der Waals surface area contributed by atoms with E-state index in [1.165, 1.54) is 4.90 Å². The lowest BCUT2D eigenvalue weighted by Crippen LogP contribution is -2.41. The molecular weight excluding hydrogens is 298 g/mol. The summed E-state index contributed by atoms with van der Waals surface area (Å²) in [4.78, 5) is 26.1. The fraction of sp³-hybridized carbons (Fsp3) is 0.250. The minimum atomic E-state index is -0.306. The molecular formula is C16H17N3O2S. The van der Waals surface area contributed by atoms with Crippen LogP contribution in [0, 0.1) is 0 Å². The Kier molecular flexibility index (Phi) is 4.50. The Bertz CT molecular complexity index is 643. The quantitative estimate of drug-likeness (QED) is 0.887. The minimum absolute atomic E-state index is 0.0455.